The Morgan fingerprint density at radius 2 is 1.42 bits per heavy atom. The molecule has 4 aromatic carbocycles. The van der Waals surface area contributed by atoms with E-state index >= 15 is 0 Å². The Bertz CT molecular complexity index is 1510. The van der Waals surface area contributed by atoms with Crippen LogP contribution in [0.3, 0.4) is 0 Å². The summed E-state index contributed by atoms with van der Waals surface area (Å²) in [6.07, 6.45) is 1.91. The summed E-state index contributed by atoms with van der Waals surface area (Å²) in [4.78, 5) is 16.8. The molecule has 5 aromatic rings. The van der Waals surface area contributed by atoms with Crippen molar-refractivity contribution in [2.75, 3.05) is 7.11 Å². The van der Waals surface area contributed by atoms with Crippen molar-refractivity contribution < 1.29 is 9.53 Å². The van der Waals surface area contributed by atoms with E-state index in [1.54, 1.807) is 12.1 Å². The van der Waals surface area contributed by atoms with E-state index in [2.05, 4.69) is 50.8 Å². The third-order valence-electron chi connectivity index (χ3n) is 5.87. The van der Waals surface area contributed by atoms with E-state index in [1.807, 2.05) is 79.0 Å². The molecule has 0 spiro atoms. The minimum absolute atomic E-state index is 0.358. The normalized spacial score (nSPS) is 11.1. The molecule has 0 amide bonds. The van der Waals surface area contributed by atoms with Crippen LogP contribution in [0.25, 0.3) is 28.2 Å². The van der Waals surface area contributed by atoms with Crippen LogP contribution in [-0.2, 0) is 4.74 Å². The van der Waals surface area contributed by atoms with Gasteiger partial charge >= 0.3 is 5.97 Å². The van der Waals surface area contributed by atoms with Gasteiger partial charge in [0.1, 0.15) is 0 Å². The van der Waals surface area contributed by atoms with E-state index in [1.165, 1.54) is 7.11 Å². The molecular weight excluding hydrogens is 512 g/mol. The predicted molar refractivity (Wildman–Crippen MR) is 149 cm³/mol. The van der Waals surface area contributed by atoms with Gasteiger partial charge in [-0.15, -0.1) is 0 Å². The molecule has 5 rings (SSSR count). The smallest absolute Gasteiger partial charge is 0.337 e. The predicted octanol–water partition coefficient (Wildman–Crippen LogP) is 8.11. The van der Waals surface area contributed by atoms with Crippen molar-refractivity contribution in [2.45, 2.75) is 0 Å². The van der Waals surface area contributed by atoms with Crippen LogP contribution in [-0.4, -0.2) is 23.9 Å². The summed E-state index contributed by atoms with van der Waals surface area (Å²) >= 11 is 3.48. The summed E-state index contributed by atoms with van der Waals surface area (Å²) in [5.41, 5.74) is 7.48. The number of nitrogens with zero attached hydrogens (tertiary/aromatic N) is 2. The first-order valence-corrected chi connectivity index (χ1v) is 12.3. The molecule has 176 valence electrons. The SMILES string of the molecule is COC(=O)c1ccc(-n2c(-c3ccccc3)cc(C=Nc3ccc(Br)cc3)c2-c2ccccc2)cc1. The Kier molecular flexibility index (Phi) is 6.92. The van der Waals surface area contributed by atoms with Gasteiger partial charge in [-0.3, -0.25) is 4.99 Å². The Labute approximate surface area is 218 Å². The van der Waals surface area contributed by atoms with Gasteiger partial charge in [0.15, 0.2) is 0 Å². The molecule has 0 N–H and O–H groups in total. The summed E-state index contributed by atoms with van der Waals surface area (Å²) in [6.45, 7) is 0. The summed E-state index contributed by atoms with van der Waals surface area (Å²) in [5.74, 6) is -0.358. The number of aromatic nitrogens is 1. The van der Waals surface area contributed by atoms with Gasteiger partial charge < -0.3 is 9.30 Å². The molecule has 0 saturated carbocycles. The topological polar surface area (TPSA) is 43.6 Å². The highest BCUT2D eigenvalue weighted by Gasteiger charge is 2.19. The van der Waals surface area contributed by atoms with Gasteiger partial charge in [-0.05, 0) is 65.7 Å². The van der Waals surface area contributed by atoms with Gasteiger partial charge in [-0.2, -0.15) is 0 Å². The van der Waals surface area contributed by atoms with Crippen LogP contribution in [0.15, 0.2) is 125 Å². The van der Waals surface area contributed by atoms with Crippen molar-refractivity contribution in [3.8, 4) is 28.2 Å². The number of carbonyl (C=O) groups is 1. The van der Waals surface area contributed by atoms with Gasteiger partial charge in [0.25, 0.3) is 0 Å². The number of hydrogen-bond acceptors (Lipinski definition) is 3. The lowest BCUT2D eigenvalue weighted by atomic mass is 10.1. The third-order valence-corrected chi connectivity index (χ3v) is 6.40. The number of esters is 1. The molecule has 0 aliphatic heterocycles. The maximum absolute atomic E-state index is 12.0. The summed E-state index contributed by atoms with van der Waals surface area (Å²) < 4.78 is 8.12. The molecular formula is C31H23BrN2O2. The molecule has 4 nitrogen and oxygen atoms in total. The Morgan fingerprint density at radius 1 is 0.806 bits per heavy atom. The molecule has 36 heavy (non-hydrogen) atoms. The van der Waals surface area contributed by atoms with Crippen molar-refractivity contribution in [1.82, 2.24) is 4.57 Å². The number of ether oxygens (including phenoxy) is 1. The lowest BCUT2D eigenvalue weighted by molar-refractivity contribution is 0.0600. The summed E-state index contributed by atoms with van der Waals surface area (Å²) in [5, 5.41) is 0. The second-order valence-corrected chi connectivity index (χ2v) is 9.09. The van der Waals surface area contributed by atoms with Gasteiger partial charge in [0, 0.05) is 21.9 Å². The van der Waals surface area contributed by atoms with Crippen LogP contribution in [0, 0.1) is 0 Å². The molecule has 5 heteroatoms. The second-order valence-electron chi connectivity index (χ2n) is 8.17. The van der Waals surface area contributed by atoms with Gasteiger partial charge in [0.2, 0.25) is 0 Å². The van der Waals surface area contributed by atoms with Crippen LogP contribution < -0.4 is 0 Å². The first-order chi connectivity index (χ1) is 17.6. The van der Waals surface area contributed by atoms with Crippen LogP contribution in [0.5, 0.6) is 0 Å². The van der Waals surface area contributed by atoms with E-state index < -0.39 is 0 Å². The number of carbonyl (C=O) groups excluding carboxylic acids is 1. The average Bonchev–Trinajstić information content (AvgIpc) is 3.33. The highest BCUT2D eigenvalue weighted by molar-refractivity contribution is 9.10. The fraction of sp³-hybridized carbons (Fsp3) is 0.0323. The number of hydrogen-bond donors (Lipinski definition) is 0. The van der Waals surface area contributed by atoms with Crippen molar-refractivity contribution in [2.24, 2.45) is 4.99 Å². The molecule has 0 aliphatic rings. The summed E-state index contributed by atoms with van der Waals surface area (Å²) in [7, 11) is 1.39. The number of benzene rings is 4. The lowest BCUT2D eigenvalue weighted by Crippen LogP contribution is -2.03. The first kappa shape index (κ1) is 23.5. The molecule has 0 atom stereocenters. The fourth-order valence-corrected chi connectivity index (χ4v) is 4.41. The minimum Gasteiger partial charge on any atom is -0.465 e. The van der Waals surface area contributed by atoms with E-state index in [4.69, 9.17) is 9.73 Å². The van der Waals surface area contributed by atoms with E-state index in [0.717, 1.165) is 43.9 Å². The number of aliphatic imine (C=N–C) groups is 1. The molecule has 0 radical (unpaired) electrons. The number of rotatable bonds is 6. The van der Waals surface area contributed by atoms with Crippen molar-refractivity contribution in [1.29, 1.82) is 0 Å². The molecule has 0 saturated heterocycles. The zero-order valence-corrected chi connectivity index (χ0v) is 21.2. The highest BCUT2D eigenvalue weighted by Crippen LogP contribution is 2.35. The Balaban J connectivity index is 1.74. The van der Waals surface area contributed by atoms with Crippen LogP contribution in [0.4, 0.5) is 5.69 Å². The zero-order valence-electron chi connectivity index (χ0n) is 19.6. The van der Waals surface area contributed by atoms with E-state index in [9.17, 15) is 4.79 Å². The van der Waals surface area contributed by atoms with Gasteiger partial charge in [-0.25, -0.2) is 4.79 Å². The van der Waals surface area contributed by atoms with E-state index in [0.29, 0.717) is 5.56 Å². The average molecular weight is 535 g/mol. The van der Waals surface area contributed by atoms with Crippen LogP contribution >= 0.6 is 15.9 Å². The minimum atomic E-state index is -0.358. The first-order valence-electron chi connectivity index (χ1n) is 11.5. The van der Waals surface area contributed by atoms with E-state index in [-0.39, 0.29) is 5.97 Å². The molecule has 1 aromatic heterocycles. The van der Waals surface area contributed by atoms with Crippen molar-refractivity contribution >= 4 is 33.8 Å². The molecule has 0 unspecified atom stereocenters. The second kappa shape index (κ2) is 10.6. The molecule has 0 fully saturated rings. The highest BCUT2D eigenvalue weighted by atomic mass is 79.9. The van der Waals surface area contributed by atoms with Crippen molar-refractivity contribution in [3.63, 3.8) is 0 Å². The molecule has 0 aliphatic carbocycles. The zero-order chi connectivity index (χ0) is 24.9. The molecule has 1 heterocycles. The maximum atomic E-state index is 12.0. The lowest BCUT2D eigenvalue weighted by Gasteiger charge is -2.15. The maximum Gasteiger partial charge on any atom is 0.337 e. The standard InChI is InChI=1S/C31H23BrN2O2/c1-36-31(35)24-12-18-28(19-13-24)34-29(22-8-4-2-5-9-22)20-25(30(34)23-10-6-3-7-11-23)21-33-27-16-14-26(32)15-17-27/h2-21H,1H3. The monoisotopic (exact) mass is 534 g/mol. The van der Waals surface area contributed by atoms with Gasteiger partial charge in [0.05, 0.1) is 29.7 Å². The fourth-order valence-electron chi connectivity index (χ4n) is 4.15. The van der Waals surface area contributed by atoms with Gasteiger partial charge in [-0.1, -0.05) is 76.6 Å². The number of halogens is 1. The largest absolute Gasteiger partial charge is 0.465 e. The van der Waals surface area contributed by atoms with Crippen molar-refractivity contribution in [3.05, 3.63) is 131 Å². The third kappa shape index (κ3) is 4.92. The van der Waals surface area contributed by atoms with Crippen LogP contribution in [0.2, 0.25) is 0 Å². The Hall–Kier alpha value is -4.22. The Morgan fingerprint density at radius 3 is 2.03 bits per heavy atom. The molecule has 0 bridgehead atoms. The quantitative estimate of drug-likeness (QED) is 0.163. The summed E-state index contributed by atoms with van der Waals surface area (Å²) in [6, 6.07) is 38.1. The van der Waals surface area contributed by atoms with Crippen LogP contribution in [0.1, 0.15) is 15.9 Å². The number of methoxy groups -OCH3 is 1.